The molecule has 290 valence electrons. The number of methoxy groups -OCH3 is 2. The molecule has 1 atom stereocenters. The van der Waals surface area contributed by atoms with Gasteiger partial charge in [-0.2, -0.15) is 5.48 Å². The van der Waals surface area contributed by atoms with E-state index in [1.54, 1.807) is 14.2 Å². The van der Waals surface area contributed by atoms with E-state index in [0.717, 1.165) is 31.2 Å². The molecule has 0 bridgehead atoms. The monoisotopic (exact) mass is 731 g/mol. The van der Waals surface area contributed by atoms with Gasteiger partial charge in [0.25, 0.3) is 5.91 Å². The van der Waals surface area contributed by atoms with Crippen molar-refractivity contribution in [2.45, 2.75) is 57.4 Å². The van der Waals surface area contributed by atoms with E-state index in [1.807, 2.05) is 30.3 Å². The molecule has 3 amide bonds. The van der Waals surface area contributed by atoms with Crippen LogP contribution in [0.2, 0.25) is 0 Å². The number of aryl methyl sites for hydroxylation is 2. The highest BCUT2D eigenvalue weighted by Gasteiger charge is 2.23. The van der Waals surface area contributed by atoms with E-state index in [9.17, 15) is 19.2 Å². The molecule has 0 fully saturated rings. The maximum absolute atomic E-state index is 12.9. The molecule has 14 nitrogen and oxygen atoms in total. The number of rotatable bonds is 30. The topological polar surface area (TPSA) is 169 Å². The van der Waals surface area contributed by atoms with E-state index in [-0.39, 0.29) is 51.8 Å². The van der Waals surface area contributed by atoms with E-state index in [1.165, 1.54) is 11.1 Å². The van der Waals surface area contributed by atoms with E-state index < -0.39 is 23.8 Å². The zero-order valence-electron chi connectivity index (χ0n) is 30.7. The molecule has 0 saturated heterocycles. The first kappa shape index (κ1) is 44.2. The van der Waals surface area contributed by atoms with Gasteiger partial charge in [-0.1, -0.05) is 54.6 Å². The van der Waals surface area contributed by atoms with Gasteiger partial charge in [0.15, 0.2) is 0 Å². The average molecular weight is 732 g/mol. The predicted molar refractivity (Wildman–Crippen MR) is 193 cm³/mol. The van der Waals surface area contributed by atoms with E-state index >= 15 is 0 Å². The van der Waals surface area contributed by atoms with Crippen molar-refractivity contribution in [3.8, 4) is 0 Å². The van der Waals surface area contributed by atoms with Crippen LogP contribution in [-0.4, -0.2) is 117 Å². The summed E-state index contributed by atoms with van der Waals surface area (Å²) in [5.41, 5.74) is 5.51. The molecule has 14 heteroatoms. The van der Waals surface area contributed by atoms with Crippen LogP contribution in [0.15, 0.2) is 54.6 Å². The highest BCUT2D eigenvalue weighted by Crippen LogP contribution is 2.11. The third-order valence-corrected chi connectivity index (χ3v) is 7.61. The third kappa shape index (κ3) is 22.8. The first-order valence-corrected chi connectivity index (χ1v) is 17.9. The molecule has 2 rings (SSSR count). The van der Waals surface area contributed by atoms with Crippen LogP contribution in [0.1, 0.15) is 48.8 Å². The van der Waals surface area contributed by atoms with Gasteiger partial charge < -0.3 is 43.9 Å². The molecule has 0 aromatic heterocycles. The van der Waals surface area contributed by atoms with Gasteiger partial charge in [-0.25, -0.2) is 4.79 Å². The lowest BCUT2D eigenvalue weighted by Crippen LogP contribution is -2.45. The molecule has 0 radical (unpaired) electrons. The molecule has 0 saturated carbocycles. The zero-order chi connectivity index (χ0) is 37.5. The summed E-state index contributed by atoms with van der Waals surface area (Å²) in [4.78, 5) is 55.2. The van der Waals surface area contributed by atoms with Gasteiger partial charge in [-0.05, 0) is 61.6 Å². The van der Waals surface area contributed by atoms with Gasteiger partial charge in [-0.15, -0.1) is 0 Å². The lowest BCUT2D eigenvalue weighted by atomic mass is 10.0. The minimum absolute atomic E-state index is 0.0170. The molecule has 0 unspecified atom stereocenters. The summed E-state index contributed by atoms with van der Waals surface area (Å²) in [5, 5.41) is 5.36. The number of benzene rings is 2. The Balaban J connectivity index is 1.74. The fourth-order valence-electron chi connectivity index (χ4n) is 4.82. The van der Waals surface area contributed by atoms with Crippen LogP contribution in [0.4, 0.5) is 0 Å². The van der Waals surface area contributed by atoms with Crippen molar-refractivity contribution in [2.24, 2.45) is 0 Å². The number of carbonyl (C=O) groups is 4. The largest absolute Gasteiger partial charge is 0.382 e. The molecule has 2 aromatic carbocycles. The number of hydrogen-bond acceptors (Lipinski definition) is 11. The molecule has 0 aliphatic heterocycles. The first-order valence-electron chi connectivity index (χ1n) is 17.9. The van der Waals surface area contributed by atoms with Crippen molar-refractivity contribution >= 4 is 23.7 Å². The number of hydrogen-bond donors (Lipinski definition) is 3. The molecule has 0 aliphatic rings. The van der Waals surface area contributed by atoms with E-state index in [4.69, 9.17) is 33.3 Å². The number of ether oxygens (including phenoxy) is 6. The van der Waals surface area contributed by atoms with Crippen LogP contribution in [-0.2, 0) is 71.7 Å². The molecule has 52 heavy (non-hydrogen) atoms. The minimum atomic E-state index is -1.05. The Kier molecular flexibility index (Phi) is 25.2. The third-order valence-electron chi connectivity index (χ3n) is 7.61. The van der Waals surface area contributed by atoms with Crippen molar-refractivity contribution in [3.63, 3.8) is 0 Å². The summed E-state index contributed by atoms with van der Waals surface area (Å²) in [6.07, 6.45) is 5.37. The van der Waals surface area contributed by atoms with Gasteiger partial charge in [0.05, 0.1) is 59.3 Å². The number of hydroxylamine groups is 1. The predicted octanol–water partition coefficient (Wildman–Crippen LogP) is 2.50. The van der Waals surface area contributed by atoms with Crippen LogP contribution in [0.5, 0.6) is 0 Å². The number of unbranched alkanes of at least 4 members (excludes halogenated alkanes) is 2. The van der Waals surface area contributed by atoms with Gasteiger partial charge in [-0.3, -0.25) is 14.4 Å². The first-order chi connectivity index (χ1) is 25.4. The lowest BCUT2D eigenvalue weighted by Gasteiger charge is -2.18. The molecular weight excluding hydrogens is 674 g/mol. The van der Waals surface area contributed by atoms with Gasteiger partial charge >= 0.3 is 5.97 Å². The van der Waals surface area contributed by atoms with Gasteiger partial charge in [0.1, 0.15) is 19.3 Å². The standard InChI is InChI=1S/C38H57N3O11/c1-46-20-22-48-24-26-50-29-36(43)39-19-9-8-14-34(40-37(44)30-51-27-25-49-23-21-47-2)38(45)52-41-35(42)28-33-17-15-32(16-18-33)13-7-6-12-31-10-4-3-5-11-31/h3-5,10-11,15-18,34H,6-9,12-14,19-30H2,1-2H3,(H,39,43)(H,40,44)(H,41,42)/t34-/m0/s1. The molecule has 3 N–H and O–H groups in total. The second-order valence-electron chi connectivity index (χ2n) is 11.9. The van der Waals surface area contributed by atoms with Crippen molar-refractivity contribution in [1.82, 2.24) is 16.1 Å². The Morgan fingerprint density at radius 3 is 1.73 bits per heavy atom. The summed E-state index contributed by atoms with van der Waals surface area (Å²) in [6, 6.07) is 17.2. The fraction of sp³-hybridized carbons (Fsp3) is 0.579. The number of amides is 3. The van der Waals surface area contributed by atoms with Crippen molar-refractivity contribution in [2.75, 3.05) is 86.8 Å². The Labute approximate surface area is 307 Å². The zero-order valence-corrected chi connectivity index (χ0v) is 30.7. The molecule has 2 aromatic rings. The molecule has 0 spiro atoms. The van der Waals surface area contributed by atoms with Crippen LogP contribution in [0.3, 0.4) is 0 Å². The second-order valence-corrected chi connectivity index (χ2v) is 11.9. The SMILES string of the molecule is COCCOCCOCC(=O)NCCCC[C@H](NC(=O)COCCOCCOC)C(=O)ONC(=O)Cc1ccc(CCCCc2ccccc2)cc1. The van der Waals surface area contributed by atoms with E-state index in [0.29, 0.717) is 52.4 Å². The van der Waals surface area contributed by atoms with Crippen molar-refractivity contribution < 1.29 is 52.4 Å². The van der Waals surface area contributed by atoms with Gasteiger partial charge in [0, 0.05) is 20.8 Å². The van der Waals surface area contributed by atoms with Crippen LogP contribution < -0.4 is 16.1 Å². The quantitative estimate of drug-likeness (QED) is 0.0798. The van der Waals surface area contributed by atoms with E-state index in [2.05, 4.69) is 40.4 Å². The average Bonchev–Trinajstić information content (AvgIpc) is 3.15. The highest BCUT2D eigenvalue weighted by atomic mass is 16.7. The smallest absolute Gasteiger partial charge is 0.354 e. The van der Waals surface area contributed by atoms with Crippen molar-refractivity contribution in [3.05, 3.63) is 71.3 Å². The Morgan fingerprint density at radius 2 is 1.12 bits per heavy atom. The normalized spacial score (nSPS) is 11.5. The summed E-state index contributed by atoms with van der Waals surface area (Å²) >= 11 is 0. The Morgan fingerprint density at radius 1 is 0.577 bits per heavy atom. The van der Waals surface area contributed by atoms with Gasteiger partial charge in [0.2, 0.25) is 11.8 Å². The Hall–Kier alpha value is -3.92. The fourth-order valence-corrected chi connectivity index (χ4v) is 4.82. The Bertz CT molecular complexity index is 1250. The second kappa shape index (κ2) is 29.6. The maximum atomic E-state index is 12.9. The summed E-state index contributed by atoms with van der Waals surface area (Å²) < 4.78 is 31.0. The molecular formula is C38H57N3O11. The lowest BCUT2D eigenvalue weighted by molar-refractivity contribution is -0.161. The minimum Gasteiger partial charge on any atom is -0.382 e. The van der Waals surface area contributed by atoms with Crippen LogP contribution in [0.25, 0.3) is 0 Å². The summed E-state index contributed by atoms with van der Waals surface area (Å²) in [7, 11) is 3.16. The van der Waals surface area contributed by atoms with Crippen molar-refractivity contribution in [1.29, 1.82) is 0 Å². The van der Waals surface area contributed by atoms with Crippen LogP contribution >= 0.6 is 0 Å². The molecule has 0 heterocycles. The number of nitrogens with one attached hydrogen (secondary N) is 3. The summed E-state index contributed by atoms with van der Waals surface area (Å²) in [6.45, 7) is 2.86. The highest BCUT2D eigenvalue weighted by molar-refractivity contribution is 5.86. The van der Waals surface area contributed by atoms with Crippen LogP contribution in [0, 0.1) is 0 Å². The number of carbonyl (C=O) groups excluding carboxylic acids is 4. The summed E-state index contributed by atoms with van der Waals surface area (Å²) in [5.74, 6) is -2.12. The maximum Gasteiger partial charge on any atom is 0.354 e. The molecule has 0 aliphatic carbocycles.